The Bertz CT molecular complexity index is 651. The van der Waals surface area contributed by atoms with E-state index in [9.17, 15) is 0 Å². The average molecular weight is 387 g/mol. The van der Waals surface area contributed by atoms with Crippen LogP contribution in [0.15, 0.2) is 22.0 Å². The molecule has 2 aromatic rings. The molecule has 0 fully saturated rings. The van der Waals surface area contributed by atoms with Gasteiger partial charge >= 0.3 is 0 Å². The normalized spacial score (nSPS) is 14.9. The molecule has 0 spiro atoms. The third-order valence-corrected chi connectivity index (χ3v) is 6.29. The zero-order valence-corrected chi connectivity index (χ0v) is 15.2. The molecule has 0 amide bonds. The zero-order valence-electron chi connectivity index (χ0n) is 12.0. The van der Waals surface area contributed by atoms with Crippen LogP contribution in [0, 0.1) is 6.92 Å². The molecule has 2 nitrogen and oxygen atoms in total. The van der Waals surface area contributed by atoms with Gasteiger partial charge in [0, 0.05) is 22.4 Å². The molecule has 112 valence electrons. The third kappa shape index (κ3) is 3.14. The molecule has 1 aromatic heterocycles. The van der Waals surface area contributed by atoms with Crippen LogP contribution in [-0.2, 0) is 12.8 Å². The Morgan fingerprint density at radius 3 is 2.90 bits per heavy atom. The second-order valence-electron chi connectivity index (χ2n) is 5.30. The number of rotatable bonds is 4. The Labute approximate surface area is 142 Å². The van der Waals surface area contributed by atoms with E-state index in [-0.39, 0.29) is 6.04 Å². The minimum atomic E-state index is 0.270. The molecule has 1 unspecified atom stereocenters. The first-order valence-electron chi connectivity index (χ1n) is 6.95. The van der Waals surface area contributed by atoms with E-state index < -0.39 is 0 Å². The highest BCUT2D eigenvalue weighted by atomic mass is 79.9. The van der Waals surface area contributed by atoms with Crippen molar-refractivity contribution < 1.29 is 4.74 Å². The molecule has 0 bridgehead atoms. The van der Waals surface area contributed by atoms with Gasteiger partial charge < -0.3 is 10.1 Å². The molecule has 2 heterocycles. The van der Waals surface area contributed by atoms with Crippen molar-refractivity contribution in [2.24, 2.45) is 0 Å². The number of ether oxygens (including phenoxy) is 1. The second-order valence-corrected chi connectivity index (χ2v) is 8.14. The van der Waals surface area contributed by atoms with Crippen LogP contribution in [0.1, 0.15) is 27.6 Å². The van der Waals surface area contributed by atoms with Crippen molar-refractivity contribution in [3.63, 3.8) is 0 Å². The van der Waals surface area contributed by atoms with Gasteiger partial charge in [-0.05, 0) is 71.2 Å². The van der Waals surface area contributed by atoms with Crippen LogP contribution in [0.25, 0.3) is 0 Å². The molecule has 1 aliphatic heterocycles. The van der Waals surface area contributed by atoms with E-state index in [1.807, 2.05) is 19.2 Å². The van der Waals surface area contributed by atoms with Crippen molar-refractivity contribution in [1.29, 1.82) is 0 Å². The molecule has 1 N–H and O–H groups in total. The molecule has 21 heavy (non-hydrogen) atoms. The monoisotopic (exact) mass is 385 g/mol. The standard InChI is InChI=1S/C16H17BrClNOS/c1-9-5-14(21-16(9)17)13(19-2)8-11-7-12(18)6-10-3-4-20-15(10)11/h5-7,13,19H,3-4,8H2,1-2H3. The van der Waals surface area contributed by atoms with Gasteiger partial charge in [-0.25, -0.2) is 0 Å². The Morgan fingerprint density at radius 1 is 1.43 bits per heavy atom. The lowest BCUT2D eigenvalue weighted by Gasteiger charge is -2.17. The van der Waals surface area contributed by atoms with Crippen molar-refractivity contribution >= 4 is 38.9 Å². The summed E-state index contributed by atoms with van der Waals surface area (Å²) in [7, 11) is 2.00. The lowest BCUT2D eigenvalue weighted by molar-refractivity contribution is 0.352. The number of fused-ring (bicyclic) bond motifs is 1. The van der Waals surface area contributed by atoms with E-state index in [0.29, 0.717) is 0 Å². The van der Waals surface area contributed by atoms with E-state index in [1.165, 1.54) is 25.4 Å². The Morgan fingerprint density at radius 2 is 2.24 bits per heavy atom. The third-order valence-electron chi connectivity index (χ3n) is 3.82. The SMILES string of the molecule is CNC(Cc1cc(Cl)cc2c1OCC2)c1cc(C)c(Br)s1. The predicted octanol–water partition coefficient (Wildman–Crippen LogP) is 4.91. The van der Waals surface area contributed by atoms with Gasteiger partial charge in [0.15, 0.2) is 0 Å². The molecular formula is C16H17BrClNOS. The van der Waals surface area contributed by atoms with Gasteiger partial charge in [-0.1, -0.05) is 11.6 Å². The number of halogens is 2. The molecule has 1 atom stereocenters. The fraction of sp³-hybridized carbons (Fsp3) is 0.375. The number of likely N-dealkylation sites (N-methyl/N-ethyl adjacent to an activating group) is 1. The van der Waals surface area contributed by atoms with Crippen LogP contribution in [0.3, 0.4) is 0 Å². The van der Waals surface area contributed by atoms with E-state index in [0.717, 1.165) is 30.2 Å². The fourth-order valence-electron chi connectivity index (χ4n) is 2.72. The van der Waals surface area contributed by atoms with Crippen LogP contribution >= 0.6 is 38.9 Å². The van der Waals surface area contributed by atoms with Crippen molar-refractivity contribution in [1.82, 2.24) is 5.32 Å². The maximum absolute atomic E-state index is 6.25. The first-order chi connectivity index (χ1) is 10.1. The van der Waals surface area contributed by atoms with Crippen molar-refractivity contribution in [3.8, 4) is 5.75 Å². The number of thiophene rings is 1. The molecule has 0 saturated carbocycles. The average Bonchev–Trinajstić information content (AvgIpc) is 3.03. The van der Waals surface area contributed by atoms with Gasteiger partial charge in [0.25, 0.3) is 0 Å². The molecule has 1 aliphatic rings. The van der Waals surface area contributed by atoms with Crippen LogP contribution in [0.2, 0.25) is 5.02 Å². The summed E-state index contributed by atoms with van der Waals surface area (Å²) in [6.45, 7) is 2.88. The van der Waals surface area contributed by atoms with Gasteiger partial charge in [0.2, 0.25) is 0 Å². The maximum Gasteiger partial charge on any atom is 0.125 e. The summed E-state index contributed by atoms with van der Waals surface area (Å²) < 4.78 is 7.00. The molecular weight excluding hydrogens is 370 g/mol. The van der Waals surface area contributed by atoms with Crippen molar-refractivity contribution in [2.75, 3.05) is 13.7 Å². The topological polar surface area (TPSA) is 21.3 Å². The first kappa shape index (κ1) is 15.3. The number of hydrogen-bond acceptors (Lipinski definition) is 3. The summed E-state index contributed by atoms with van der Waals surface area (Å²) in [4.78, 5) is 1.33. The van der Waals surface area contributed by atoms with Gasteiger partial charge in [-0.2, -0.15) is 0 Å². The van der Waals surface area contributed by atoms with Gasteiger partial charge in [-0.3, -0.25) is 0 Å². The maximum atomic E-state index is 6.25. The van der Waals surface area contributed by atoms with Gasteiger partial charge in [0.1, 0.15) is 5.75 Å². The summed E-state index contributed by atoms with van der Waals surface area (Å²) in [6.07, 6.45) is 1.84. The fourth-order valence-corrected chi connectivity index (χ4v) is 4.66. The van der Waals surface area contributed by atoms with Crippen LogP contribution < -0.4 is 10.1 Å². The largest absolute Gasteiger partial charge is 0.493 e. The predicted molar refractivity (Wildman–Crippen MR) is 92.9 cm³/mol. The number of hydrogen-bond donors (Lipinski definition) is 1. The van der Waals surface area contributed by atoms with Gasteiger partial charge in [-0.15, -0.1) is 11.3 Å². The van der Waals surface area contributed by atoms with Crippen molar-refractivity contribution in [2.45, 2.75) is 25.8 Å². The second kappa shape index (κ2) is 6.29. The first-order valence-corrected chi connectivity index (χ1v) is 8.94. The lowest BCUT2D eigenvalue weighted by Crippen LogP contribution is -2.18. The number of aryl methyl sites for hydroxylation is 1. The van der Waals surface area contributed by atoms with E-state index in [4.69, 9.17) is 16.3 Å². The smallest absolute Gasteiger partial charge is 0.125 e. The minimum Gasteiger partial charge on any atom is -0.493 e. The van der Waals surface area contributed by atoms with E-state index >= 15 is 0 Å². The van der Waals surface area contributed by atoms with E-state index in [2.05, 4.69) is 34.2 Å². The molecule has 0 saturated heterocycles. The van der Waals surface area contributed by atoms with Crippen LogP contribution in [-0.4, -0.2) is 13.7 Å². The molecule has 0 aliphatic carbocycles. The summed E-state index contributed by atoms with van der Waals surface area (Å²) in [5, 5.41) is 4.21. The van der Waals surface area contributed by atoms with Crippen LogP contribution in [0.4, 0.5) is 0 Å². The summed E-state index contributed by atoms with van der Waals surface area (Å²) >= 11 is 11.6. The molecule has 0 radical (unpaired) electrons. The molecule has 5 heteroatoms. The van der Waals surface area contributed by atoms with E-state index in [1.54, 1.807) is 11.3 Å². The summed E-state index contributed by atoms with van der Waals surface area (Å²) in [6, 6.07) is 6.56. The zero-order chi connectivity index (χ0) is 15.0. The molecule has 1 aromatic carbocycles. The number of benzene rings is 1. The highest BCUT2D eigenvalue weighted by Gasteiger charge is 2.21. The van der Waals surface area contributed by atoms with Crippen LogP contribution in [0.5, 0.6) is 5.75 Å². The summed E-state index contributed by atoms with van der Waals surface area (Å²) in [5.41, 5.74) is 3.70. The van der Waals surface area contributed by atoms with Crippen molar-refractivity contribution in [3.05, 3.63) is 48.6 Å². The van der Waals surface area contributed by atoms with Gasteiger partial charge in [0.05, 0.1) is 10.4 Å². The number of nitrogens with one attached hydrogen (secondary N) is 1. The molecule has 3 rings (SSSR count). The summed E-state index contributed by atoms with van der Waals surface area (Å²) in [5.74, 6) is 1.03. The quantitative estimate of drug-likeness (QED) is 0.806. The Kier molecular flexibility index (Phi) is 4.60. The minimum absolute atomic E-state index is 0.270. The Balaban J connectivity index is 1.91. The lowest BCUT2D eigenvalue weighted by atomic mass is 10.0. The highest BCUT2D eigenvalue weighted by molar-refractivity contribution is 9.11. The Hall–Kier alpha value is -0.550. The highest BCUT2D eigenvalue weighted by Crippen LogP contribution is 2.37.